The molecule has 0 fully saturated rings. The summed E-state index contributed by atoms with van der Waals surface area (Å²) in [6.07, 6.45) is 0. The third-order valence-electron chi connectivity index (χ3n) is 4.48. The summed E-state index contributed by atoms with van der Waals surface area (Å²) in [5.41, 5.74) is 1.98. The van der Waals surface area contributed by atoms with Crippen LogP contribution in [0.3, 0.4) is 0 Å². The summed E-state index contributed by atoms with van der Waals surface area (Å²) in [6, 6.07) is 11.0. The Balaban J connectivity index is 1.75. The maximum absolute atomic E-state index is 12.7. The molecule has 0 aliphatic heterocycles. The molecule has 0 atom stereocenters. The van der Waals surface area contributed by atoms with Crippen LogP contribution in [-0.4, -0.2) is 35.5 Å². The van der Waals surface area contributed by atoms with E-state index in [9.17, 15) is 19.7 Å². The van der Waals surface area contributed by atoms with E-state index < -0.39 is 23.4 Å². The fourth-order valence-corrected chi connectivity index (χ4v) is 3.28. The van der Waals surface area contributed by atoms with Gasteiger partial charge in [-0.2, -0.15) is 0 Å². The van der Waals surface area contributed by atoms with Gasteiger partial charge >= 0.3 is 5.97 Å². The molecule has 10 heteroatoms. The summed E-state index contributed by atoms with van der Waals surface area (Å²) in [7, 11) is 1.49. The number of esters is 1. The summed E-state index contributed by atoms with van der Waals surface area (Å²) in [6.45, 7) is 1.29. The monoisotopic (exact) mass is 443 g/mol. The second-order valence-corrected chi connectivity index (χ2v) is 6.96. The fraction of sp³-hybridized carbons (Fsp3) is 0.190. The third-order valence-corrected chi connectivity index (χ3v) is 4.80. The molecule has 1 amide bonds. The summed E-state index contributed by atoms with van der Waals surface area (Å²) < 4.78 is 10.3. The number of para-hydroxylation sites is 1. The molecule has 0 saturated heterocycles. The van der Waals surface area contributed by atoms with Crippen molar-refractivity contribution in [2.24, 2.45) is 0 Å². The predicted octanol–water partition coefficient (Wildman–Crippen LogP) is 4.05. The zero-order valence-electron chi connectivity index (χ0n) is 16.7. The van der Waals surface area contributed by atoms with E-state index >= 15 is 0 Å². The lowest BCUT2D eigenvalue weighted by molar-refractivity contribution is -0.384. The first-order chi connectivity index (χ1) is 14.8. The average molecular weight is 444 g/mol. The number of nitro groups is 1. The van der Waals surface area contributed by atoms with Gasteiger partial charge in [-0.3, -0.25) is 14.9 Å². The van der Waals surface area contributed by atoms with E-state index in [0.717, 1.165) is 11.5 Å². The van der Waals surface area contributed by atoms with Crippen molar-refractivity contribution in [3.63, 3.8) is 0 Å². The summed E-state index contributed by atoms with van der Waals surface area (Å²) in [5.74, 6) is -1.36. The van der Waals surface area contributed by atoms with Crippen molar-refractivity contribution >= 4 is 45.8 Å². The molecule has 2 aromatic carbocycles. The quantitative estimate of drug-likeness (QED) is 0.332. The number of amides is 1. The van der Waals surface area contributed by atoms with Crippen molar-refractivity contribution in [3.05, 3.63) is 74.4 Å². The number of hydrogen-bond donors (Lipinski definition) is 1. The number of carbonyl (C=O) groups is 2. The van der Waals surface area contributed by atoms with Crippen LogP contribution in [0.5, 0.6) is 0 Å². The van der Waals surface area contributed by atoms with Gasteiger partial charge in [-0.05, 0) is 24.6 Å². The molecule has 0 spiro atoms. The Morgan fingerprint density at radius 1 is 1.23 bits per heavy atom. The molecule has 0 saturated carbocycles. The number of aromatic nitrogens is 1. The van der Waals surface area contributed by atoms with E-state index in [1.807, 2.05) is 24.3 Å². The highest BCUT2D eigenvalue weighted by Crippen LogP contribution is 2.27. The normalized spacial score (nSPS) is 10.7. The van der Waals surface area contributed by atoms with E-state index in [1.54, 1.807) is 6.92 Å². The topological polar surface area (TPSA) is 121 Å². The van der Waals surface area contributed by atoms with Gasteiger partial charge in [-0.15, -0.1) is 0 Å². The minimum absolute atomic E-state index is 0.00849. The number of anilines is 1. The molecule has 1 heterocycles. The van der Waals surface area contributed by atoms with Crippen LogP contribution in [0.15, 0.2) is 42.5 Å². The van der Waals surface area contributed by atoms with Crippen molar-refractivity contribution in [2.45, 2.75) is 13.5 Å². The van der Waals surface area contributed by atoms with Crippen molar-refractivity contribution in [1.82, 2.24) is 4.98 Å². The van der Waals surface area contributed by atoms with Gasteiger partial charge in [0.1, 0.15) is 0 Å². The van der Waals surface area contributed by atoms with Gasteiger partial charge in [0.05, 0.1) is 39.0 Å². The van der Waals surface area contributed by atoms with Gasteiger partial charge in [0.2, 0.25) is 0 Å². The Morgan fingerprint density at radius 2 is 1.97 bits per heavy atom. The number of rotatable bonds is 7. The standard InChI is InChI=1S/C21H18ClN3O6/c1-12-14-5-3-4-6-16(14)23-18(10-30-2)20(12)21(27)31-11-19(26)24-17-8-7-13(25(28)29)9-15(17)22/h3-9H,10-11H2,1-2H3,(H,24,26). The van der Waals surface area contributed by atoms with Crippen LogP contribution in [0.2, 0.25) is 5.02 Å². The Morgan fingerprint density at radius 3 is 2.65 bits per heavy atom. The zero-order valence-corrected chi connectivity index (χ0v) is 17.4. The second kappa shape index (κ2) is 9.50. The first kappa shape index (κ1) is 22.1. The Labute approximate surface area is 182 Å². The molecule has 31 heavy (non-hydrogen) atoms. The van der Waals surface area contributed by atoms with E-state index in [0.29, 0.717) is 16.8 Å². The van der Waals surface area contributed by atoms with Gasteiger partial charge in [-0.1, -0.05) is 29.8 Å². The van der Waals surface area contributed by atoms with Crippen LogP contribution in [0.25, 0.3) is 10.9 Å². The smallest absolute Gasteiger partial charge is 0.340 e. The number of nitrogens with zero attached hydrogens (tertiary/aromatic N) is 2. The van der Waals surface area contributed by atoms with Crippen LogP contribution in [0.4, 0.5) is 11.4 Å². The van der Waals surface area contributed by atoms with Gasteiger partial charge in [0.15, 0.2) is 6.61 Å². The lowest BCUT2D eigenvalue weighted by Gasteiger charge is -2.14. The summed E-state index contributed by atoms with van der Waals surface area (Å²) in [5, 5.41) is 14.0. The number of benzene rings is 2. The molecule has 1 aromatic heterocycles. The molecule has 1 N–H and O–H groups in total. The number of aryl methyl sites for hydroxylation is 1. The number of nitro benzene ring substituents is 1. The van der Waals surface area contributed by atoms with E-state index in [-0.39, 0.29) is 28.6 Å². The van der Waals surface area contributed by atoms with Crippen LogP contribution in [-0.2, 0) is 20.9 Å². The van der Waals surface area contributed by atoms with Gasteiger partial charge < -0.3 is 14.8 Å². The Kier molecular flexibility index (Phi) is 6.78. The number of pyridine rings is 1. The second-order valence-electron chi connectivity index (χ2n) is 6.55. The van der Waals surface area contributed by atoms with Crippen LogP contribution < -0.4 is 5.32 Å². The molecule has 0 bridgehead atoms. The lowest BCUT2D eigenvalue weighted by Crippen LogP contribution is -2.22. The highest BCUT2D eigenvalue weighted by molar-refractivity contribution is 6.34. The minimum atomic E-state index is -0.715. The number of nitrogens with one attached hydrogen (secondary N) is 1. The predicted molar refractivity (Wildman–Crippen MR) is 114 cm³/mol. The van der Waals surface area contributed by atoms with Crippen molar-refractivity contribution in [2.75, 3.05) is 19.0 Å². The van der Waals surface area contributed by atoms with E-state index in [2.05, 4.69) is 10.3 Å². The SMILES string of the molecule is COCc1nc2ccccc2c(C)c1C(=O)OCC(=O)Nc1ccc([N+](=O)[O-])cc1Cl. The number of fused-ring (bicyclic) bond motifs is 1. The molecule has 0 aliphatic carbocycles. The number of methoxy groups -OCH3 is 1. The highest BCUT2D eigenvalue weighted by Gasteiger charge is 2.21. The Hall–Kier alpha value is -3.56. The number of carbonyl (C=O) groups excluding carboxylic acids is 2. The number of ether oxygens (including phenoxy) is 2. The average Bonchev–Trinajstić information content (AvgIpc) is 2.74. The fourth-order valence-electron chi connectivity index (χ4n) is 3.06. The molecule has 3 aromatic rings. The molecule has 0 aliphatic rings. The van der Waals surface area contributed by atoms with Crippen LogP contribution in [0, 0.1) is 17.0 Å². The minimum Gasteiger partial charge on any atom is -0.452 e. The summed E-state index contributed by atoms with van der Waals surface area (Å²) in [4.78, 5) is 39.6. The van der Waals surface area contributed by atoms with Crippen LogP contribution >= 0.6 is 11.6 Å². The largest absolute Gasteiger partial charge is 0.452 e. The third kappa shape index (κ3) is 4.96. The highest BCUT2D eigenvalue weighted by atomic mass is 35.5. The zero-order chi connectivity index (χ0) is 22.5. The number of non-ortho nitro benzene ring substituents is 1. The van der Waals surface area contributed by atoms with Crippen molar-refractivity contribution in [1.29, 1.82) is 0 Å². The number of halogens is 1. The van der Waals surface area contributed by atoms with Crippen molar-refractivity contribution in [3.8, 4) is 0 Å². The first-order valence-electron chi connectivity index (χ1n) is 9.10. The molecule has 3 rings (SSSR count). The molecule has 0 radical (unpaired) electrons. The Bertz CT molecular complexity index is 1180. The number of hydrogen-bond acceptors (Lipinski definition) is 7. The van der Waals surface area contributed by atoms with Gasteiger partial charge in [0.25, 0.3) is 11.6 Å². The molecular weight excluding hydrogens is 426 g/mol. The first-order valence-corrected chi connectivity index (χ1v) is 9.47. The molecular formula is C21H18ClN3O6. The van der Waals surface area contributed by atoms with Crippen LogP contribution in [0.1, 0.15) is 21.6 Å². The molecule has 0 unspecified atom stereocenters. The molecule has 160 valence electrons. The lowest BCUT2D eigenvalue weighted by atomic mass is 10.0. The van der Waals surface area contributed by atoms with E-state index in [4.69, 9.17) is 21.1 Å². The molecule has 9 nitrogen and oxygen atoms in total. The van der Waals surface area contributed by atoms with E-state index in [1.165, 1.54) is 19.2 Å². The van der Waals surface area contributed by atoms with Gasteiger partial charge in [-0.25, -0.2) is 9.78 Å². The maximum atomic E-state index is 12.7. The maximum Gasteiger partial charge on any atom is 0.340 e. The van der Waals surface area contributed by atoms with Gasteiger partial charge in [0, 0.05) is 24.6 Å². The van der Waals surface area contributed by atoms with Crippen molar-refractivity contribution < 1.29 is 24.0 Å². The summed E-state index contributed by atoms with van der Waals surface area (Å²) >= 11 is 5.96.